The van der Waals surface area contributed by atoms with Gasteiger partial charge in [0.1, 0.15) is 5.75 Å². The first-order valence-corrected chi connectivity index (χ1v) is 6.29. The van der Waals surface area contributed by atoms with Gasteiger partial charge >= 0.3 is 0 Å². The standard InChI is InChI=1S/C13H18ClNO2/c1-17-13-3-2-9(6-12(13)14)11(8-16)10-4-5-15-7-10/h2-3,6,10-11,15-16H,4-5,7-8H2,1H3. The Morgan fingerprint density at radius 2 is 2.41 bits per heavy atom. The average Bonchev–Trinajstić information content (AvgIpc) is 2.84. The molecule has 4 heteroatoms. The lowest BCUT2D eigenvalue weighted by molar-refractivity contribution is 0.231. The quantitative estimate of drug-likeness (QED) is 0.865. The van der Waals surface area contributed by atoms with Gasteiger partial charge < -0.3 is 15.2 Å². The van der Waals surface area contributed by atoms with Crippen LogP contribution in [0.3, 0.4) is 0 Å². The summed E-state index contributed by atoms with van der Waals surface area (Å²) in [6.07, 6.45) is 1.11. The predicted molar refractivity (Wildman–Crippen MR) is 68.8 cm³/mol. The topological polar surface area (TPSA) is 41.5 Å². The van der Waals surface area contributed by atoms with E-state index in [1.165, 1.54) is 0 Å². The van der Waals surface area contributed by atoms with Crippen LogP contribution in [0.5, 0.6) is 5.75 Å². The second kappa shape index (κ2) is 5.71. The van der Waals surface area contributed by atoms with E-state index in [2.05, 4.69) is 5.32 Å². The first-order chi connectivity index (χ1) is 8.26. The lowest BCUT2D eigenvalue weighted by Crippen LogP contribution is -2.19. The molecule has 0 aromatic heterocycles. The molecule has 2 unspecified atom stereocenters. The number of hydrogen-bond donors (Lipinski definition) is 2. The molecule has 0 spiro atoms. The number of nitrogens with one attached hydrogen (secondary N) is 1. The van der Waals surface area contributed by atoms with Crippen molar-refractivity contribution in [2.45, 2.75) is 12.3 Å². The van der Waals surface area contributed by atoms with Crippen molar-refractivity contribution < 1.29 is 9.84 Å². The number of aliphatic hydroxyl groups excluding tert-OH is 1. The molecule has 1 aromatic rings. The Kier molecular flexibility index (Phi) is 4.26. The van der Waals surface area contributed by atoms with Crippen molar-refractivity contribution in [3.63, 3.8) is 0 Å². The third-order valence-electron chi connectivity index (χ3n) is 3.47. The molecule has 1 saturated heterocycles. The lowest BCUT2D eigenvalue weighted by Gasteiger charge is -2.21. The fourth-order valence-corrected chi connectivity index (χ4v) is 2.73. The Morgan fingerprint density at radius 3 is 2.94 bits per heavy atom. The fraction of sp³-hybridized carbons (Fsp3) is 0.538. The maximum Gasteiger partial charge on any atom is 0.137 e. The number of aliphatic hydroxyl groups is 1. The van der Waals surface area contributed by atoms with Gasteiger partial charge in [-0.3, -0.25) is 0 Å². The molecule has 1 aliphatic rings. The second-order valence-corrected chi connectivity index (χ2v) is 4.84. The fourth-order valence-electron chi connectivity index (χ4n) is 2.46. The summed E-state index contributed by atoms with van der Waals surface area (Å²) in [5.74, 6) is 1.33. The first kappa shape index (κ1) is 12.7. The normalized spacial score (nSPS) is 21.5. The van der Waals surface area contributed by atoms with Crippen LogP contribution in [0.15, 0.2) is 18.2 Å². The van der Waals surface area contributed by atoms with Gasteiger partial charge in [-0.25, -0.2) is 0 Å². The number of ether oxygens (including phenoxy) is 1. The van der Waals surface area contributed by atoms with E-state index in [4.69, 9.17) is 16.3 Å². The molecule has 1 aromatic carbocycles. The van der Waals surface area contributed by atoms with Crippen molar-refractivity contribution in [2.24, 2.45) is 5.92 Å². The molecule has 1 aliphatic heterocycles. The molecule has 94 valence electrons. The zero-order valence-electron chi connectivity index (χ0n) is 9.95. The molecule has 0 saturated carbocycles. The largest absolute Gasteiger partial charge is 0.495 e. The minimum atomic E-state index is 0.161. The van der Waals surface area contributed by atoms with Crippen LogP contribution in [0.2, 0.25) is 5.02 Å². The predicted octanol–water partition coefficient (Wildman–Crippen LogP) is 2.03. The number of halogens is 1. The van der Waals surface area contributed by atoms with Gasteiger partial charge in [0.05, 0.1) is 18.7 Å². The molecule has 2 rings (SSSR count). The highest BCUT2D eigenvalue weighted by molar-refractivity contribution is 6.32. The van der Waals surface area contributed by atoms with Crippen LogP contribution in [0.1, 0.15) is 17.9 Å². The van der Waals surface area contributed by atoms with Gasteiger partial charge in [-0.05, 0) is 43.1 Å². The van der Waals surface area contributed by atoms with Crippen LogP contribution in [-0.2, 0) is 0 Å². The highest BCUT2D eigenvalue weighted by atomic mass is 35.5. The number of benzene rings is 1. The van der Waals surface area contributed by atoms with E-state index in [-0.39, 0.29) is 12.5 Å². The van der Waals surface area contributed by atoms with Crippen LogP contribution in [0.4, 0.5) is 0 Å². The van der Waals surface area contributed by atoms with E-state index < -0.39 is 0 Å². The third-order valence-corrected chi connectivity index (χ3v) is 3.76. The number of hydrogen-bond acceptors (Lipinski definition) is 3. The van der Waals surface area contributed by atoms with Crippen molar-refractivity contribution in [3.8, 4) is 5.75 Å². The summed E-state index contributed by atoms with van der Waals surface area (Å²) in [7, 11) is 1.60. The van der Waals surface area contributed by atoms with Crippen LogP contribution >= 0.6 is 11.6 Å². The summed E-state index contributed by atoms with van der Waals surface area (Å²) < 4.78 is 5.13. The molecule has 2 atom stereocenters. The lowest BCUT2D eigenvalue weighted by atomic mass is 9.86. The highest BCUT2D eigenvalue weighted by Crippen LogP contribution is 2.33. The van der Waals surface area contributed by atoms with Crippen LogP contribution in [-0.4, -0.2) is 31.9 Å². The van der Waals surface area contributed by atoms with E-state index in [0.717, 1.165) is 25.1 Å². The van der Waals surface area contributed by atoms with Crippen molar-refractivity contribution in [3.05, 3.63) is 28.8 Å². The van der Waals surface area contributed by atoms with E-state index in [9.17, 15) is 5.11 Å². The summed E-state index contributed by atoms with van der Waals surface area (Å²) in [5, 5.41) is 13.5. The van der Waals surface area contributed by atoms with Crippen molar-refractivity contribution in [2.75, 3.05) is 26.8 Å². The molecule has 2 N–H and O–H groups in total. The minimum absolute atomic E-state index is 0.161. The maximum absolute atomic E-state index is 9.56. The van der Waals surface area contributed by atoms with Crippen molar-refractivity contribution in [1.82, 2.24) is 5.32 Å². The first-order valence-electron chi connectivity index (χ1n) is 5.91. The summed E-state index contributed by atoms with van der Waals surface area (Å²) >= 11 is 6.12. The van der Waals surface area contributed by atoms with E-state index in [1.807, 2.05) is 18.2 Å². The second-order valence-electron chi connectivity index (χ2n) is 4.44. The molecule has 0 aliphatic carbocycles. The van der Waals surface area contributed by atoms with E-state index in [0.29, 0.717) is 16.7 Å². The van der Waals surface area contributed by atoms with Crippen LogP contribution < -0.4 is 10.1 Å². The average molecular weight is 256 g/mol. The third kappa shape index (κ3) is 2.73. The van der Waals surface area contributed by atoms with Gasteiger partial charge in [0.15, 0.2) is 0 Å². The molecule has 0 radical (unpaired) electrons. The van der Waals surface area contributed by atoms with Gasteiger partial charge in [-0.1, -0.05) is 17.7 Å². The van der Waals surface area contributed by atoms with Crippen LogP contribution in [0.25, 0.3) is 0 Å². The Balaban J connectivity index is 2.21. The van der Waals surface area contributed by atoms with Crippen molar-refractivity contribution in [1.29, 1.82) is 0 Å². The Labute approximate surface area is 107 Å². The Hall–Kier alpha value is -0.770. The zero-order valence-corrected chi connectivity index (χ0v) is 10.7. The maximum atomic E-state index is 9.56. The molecular weight excluding hydrogens is 238 g/mol. The summed E-state index contributed by atoms with van der Waals surface area (Å²) in [5.41, 5.74) is 1.09. The summed E-state index contributed by atoms with van der Waals surface area (Å²) in [6.45, 7) is 2.16. The Bertz CT molecular complexity index is 378. The van der Waals surface area contributed by atoms with Gasteiger partial charge in [0.2, 0.25) is 0 Å². The molecule has 17 heavy (non-hydrogen) atoms. The minimum Gasteiger partial charge on any atom is -0.495 e. The smallest absolute Gasteiger partial charge is 0.137 e. The molecule has 1 fully saturated rings. The van der Waals surface area contributed by atoms with Crippen molar-refractivity contribution >= 4 is 11.6 Å². The van der Waals surface area contributed by atoms with E-state index >= 15 is 0 Å². The molecule has 1 heterocycles. The summed E-state index contributed by atoms with van der Waals surface area (Å²) in [6, 6.07) is 5.76. The monoisotopic (exact) mass is 255 g/mol. The SMILES string of the molecule is COc1ccc(C(CO)C2CCNC2)cc1Cl. The summed E-state index contributed by atoms with van der Waals surface area (Å²) in [4.78, 5) is 0. The molecule has 3 nitrogen and oxygen atoms in total. The van der Waals surface area contributed by atoms with Gasteiger partial charge in [-0.15, -0.1) is 0 Å². The molecule has 0 amide bonds. The highest BCUT2D eigenvalue weighted by Gasteiger charge is 2.26. The van der Waals surface area contributed by atoms with E-state index in [1.54, 1.807) is 7.11 Å². The zero-order chi connectivity index (χ0) is 12.3. The number of rotatable bonds is 4. The number of methoxy groups -OCH3 is 1. The molecule has 0 bridgehead atoms. The van der Waals surface area contributed by atoms with Gasteiger partial charge in [0, 0.05) is 5.92 Å². The van der Waals surface area contributed by atoms with Crippen LogP contribution in [0, 0.1) is 5.92 Å². The molecular formula is C13H18ClNO2. The van der Waals surface area contributed by atoms with Gasteiger partial charge in [0.25, 0.3) is 0 Å². The van der Waals surface area contributed by atoms with Gasteiger partial charge in [-0.2, -0.15) is 0 Å². The Morgan fingerprint density at radius 1 is 1.59 bits per heavy atom.